The Morgan fingerprint density at radius 3 is 2.64 bits per heavy atom. The summed E-state index contributed by atoms with van der Waals surface area (Å²) in [6, 6.07) is 9.50. The van der Waals surface area contributed by atoms with Crippen molar-refractivity contribution in [2.75, 3.05) is 0 Å². The van der Waals surface area contributed by atoms with E-state index >= 15 is 0 Å². The van der Waals surface area contributed by atoms with Gasteiger partial charge in [0.25, 0.3) is 0 Å². The van der Waals surface area contributed by atoms with Gasteiger partial charge in [-0.3, -0.25) is 0 Å². The van der Waals surface area contributed by atoms with Gasteiger partial charge in [-0.25, -0.2) is 4.79 Å². The minimum Gasteiger partial charge on any atom is -0.443 e. The van der Waals surface area contributed by atoms with Crippen molar-refractivity contribution in [3.8, 4) is 0 Å². The van der Waals surface area contributed by atoms with Crippen molar-refractivity contribution in [1.29, 1.82) is 0 Å². The summed E-state index contributed by atoms with van der Waals surface area (Å²) in [7, 11) is 0. The molecule has 1 aromatic rings. The van der Waals surface area contributed by atoms with E-state index in [2.05, 4.69) is 0 Å². The highest BCUT2D eigenvalue weighted by Crippen LogP contribution is 2.02. The van der Waals surface area contributed by atoms with Crippen LogP contribution in [0.4, 0.5) is 0 Å². The molecule has 0 fully saturated rings. The van der Waals surface area contributed by atoms with E-state index in [-0.39, 0.29) is 0 Å². The van der Waals surface area contributed by atoms with Crippen molar-refractivity contribution in [2.24, 2.45) is 0 Å². The molecule has 0 N–H and O–H groups in total. The molecule has 0 amide bonds. The number of hydrogen-bond donors (Lipinski definition) is 0. The lowest BCUT2D eigenvalue weighted by Crippen LogP contribution is -2.05. The Hall–Kier alpha value is -1.28. The second kappa shape index (κ2) is 5.45. The van der Waals surface area contributed by atoms with E-state index < -0.39 is 11.5 Å². The van der Waals surface area contributed by atoms with Gasteiger partial charge >= 0.3 is 5.97 Å². The van der Waals surface area contributed by atoms with Crippen LogP contribution < -0.4 is 0 Å². The van der Waals surface area contributed by atoms with E-state index in [0.717, 1.165) is 5.56 Å². The van der Waals surface area contributed by atoms with Crippen LogP contribution in [0, 0.1) is 0 Å². The van der Waals surface area contributed by atoms with Gasteiger partial charge < -0.3 is 4.74 Å². The Morgan fingerprint density at radius 1 is 1.43 bits per heavy atom. The molecular weight excluding hydrogens is 200 g/mol. The summed E-state index contributed by atoms with van der Waals surface area (Å²) in [5.41, 5.74) is 0.356. The predicted octanol–water partition coefficient (Wildman–Crippen LogP) is 2.83. The molecule has 0 aliphatic heterocycles. The molecule has 3 heteroatoms. The first-order chi connectivity index (χ1) is 6.68. The first-order valence-electron chi connectivity index (χ1n) is 4.26. The maximum absolute atomic E-state index is 11.0. The second-order valence-corrected chi connectivity index (χ2v) is 3.34. The number of hydrogen-bond acceptors (Lipinski definition) is 2. The van der Waals surface area contributed by atoms with Gasteiger partial charge in [-0.05, 0) is 18.6 Å². The molecule has 0 spiro atoms. The third-order valence-electron chi connectivity index (χ3n) is 1.49. The average Bonchev–Trinajstić information content (AvgIpc) is 2.15. The van der Waals surface area contributed by atoms with Crippen LogP contribution in [0.15, 0.2) is 36.4 Å². The van der Waals surface area contributed by atoms with E-state index in [0.29, 0.717) is 0 Å². The fourth-order valence-corrected chi connectivity index (χ4v) is 1.02. The number of benzene rings is 1. The molecule has 2 nitrogen and oxygen atoms in total. The molecule has 0 aliphatic carbocycles. The van der Waals surface area contributed by atoms with E-state index in [1.807, 2.05) is 30.3 Å². The van der Waals surface area contributed by atoms with Gasteiger partial charge in [0.2, 0.25) is 0 Å². The number of carbonyl (C=O) groups excluding carboxylic acids is 1. The van der Waals surface area contributed by atoms with Crippen LogP contribution in [-0.4, -0.2) is 11.5 Å². The normalized spacial score (nSPS) is 12.7. The van der Waals surface area contributed by atoms with E-state index in [1.165, 1.54) is 6.08 Å². The van der Waals surface area contributed by atoms with Crippen molar-refractivity contribution in [2.45, 2.75) is 12.5 Å². The standard InChI is InChI=1S/C11H11ClO2/c1-9(12)14-11(13)8-7-10-5-3-2-4-6-10/h2-9H,1H3/b8-7+. The van der Waals surface area contributed by atoms with Gasteiger partial charge in [0.1, 0.15) is 0 Å². The van der Waals surface area contributed by atoms with Crippen LogP contribution in [0.1, 0.15) is 12.5 Å². The third-order valence-corrected chi connectivity index (χ3v) is 1.58. The van der Waals surface area contributed by atoms with Gasteiger partial charge in [-0.1, -0.05) is 41.9 Å². The van der Waals surface area contributed by atoms with Gasteiger partial charge in [0, 0.05) is 6.08 Å². The Morgan fingerprint density at radius 2 is 2.07 bits per heavy atom. The predicted molar refractivity (Wildman–Crippen MR) is 56.9 cm³/mol. The summed E-state index contributed by atoms with van der Waals surface area (Å²) in [5, 5.41) is 0. The molecular formula is C11H11ClO2. The molecule has 0 bridgehead atoms. The zero-order valence-electron chi connectivity index (χ0n) is 7.81. The van der Waals surface area contributed by atoms with Crippen LogP contribution in [0.2, 0.25) is 0 Å². The van der Waals surface area contributed by atoms with Crippen LogP contribution in [0.25, 0.3) is 6.08 Å². The molecule has 0 aromatic heterocycles. The second-order valence-electron chi connectivity index (χ2n) is 2.72. The van der Waals surface area contributed by atoms with Crippen molar-refractivity contribution in [1.82, 2.24) is 0 Å². The van der Waals surface area contributed by atoms with Crippen molar-refractivity contribution >= 4 is 23.6 Å². The lowest BCUT2D eigenvalue weighted by atomic mass is 10.2. The van der Waals surface area contributed by atoms with Crippen LogP contribution >= 0.6 is 11.6 Å². The molecule has 74 valence electrons. The minimum absolute atomic E-state index is 0.434. The number of carbonyl (C=O) groups is 1. The number of ether oxygens (including phenoxy) is 1. The largest absolute Gasteiger partial charge is 0.443 e. The average molecular weight is 211 g/mol. The molecule has 1 aromatic carbocycles. The van der Waals surface area contributed by atoms with Crippen molar-refractivity contribution in [3.63, 3.8) is 0 Å². The maximum atomic E-state index is 11.0. The molecule has 0 radical (unpaired) electrons. The Balaban J connectivity index is 2.52. The Labute approximate surface area is 88.1 Å². The zero-order valence-corrected chi connectivity index (χ0v) is 8.57. The van der Waals surface area contributed by atoms with E-state index in [1.54, 1.807) is 13.0 Å². The maximum Gasteiger partial charge on any atom is 0.332 e. The Kier molecular flexibility index (Phi) is 4.20. The molecule has 1 atom stereocenters. The van der Waals surface area contributed by atoms with Crippen molar-refractivity contribution < 1.29 is 9.53 Å². The molecule has 1 rings (SSSR count). The smallest absolute Gasteiger partial charge is 0.332 e. The lowest BCUT2D eigenvalue weighted by molar-refractivity contribution is -0.138. The molecule has 1 unspecified atom stereocenters. The fourth-order valence-electron chi connectivity index (χ4n) is 0.928. The molecule has 0 saturated heterocycles. The first kappa shape index (κ1) is 10.8. The topological polar surface area (TPSA) is 26.3 Å². The molecule has 14 heavy (non-hydrogen) atoms. The summed E-state index contributed by atoms with van der Waals surface area (Å²) in [5.74, 6) is -0.434. The minimum atomic E-state index is -0.595. The lowest BCUT2D eigenvalue weighted by Gasteiger charge is -2.01. The number of halogens is 1. The fraction of sp³-hybridized carbons (Fsp3) is 0.182. The third kappa shape index (κ3) is 4.10. The Bertz CT molecular complexity index is 317. The van der Waals surface area contributed by atoms with Gasteiger partial charge in [0.05, 0.1) is 0 Å². The monoisotopic (exact) mass is 210 g/mol. The summed E-state index contributed by atoms with van der Waals surface area (Å²) in [6.07, 6.45) is 3.04. The SMILES string of the molecule is CC(Cl)OC(=O)/C=C/c1ccccc1. The highest BCUT2D eigenvalue weighted by atomic mass is 35.5. The summed E-state index contributed by atoms with van der Waals surface area (Å²) < 4.78 is 4.71. The van der Waals surface area contributed by atoms with Crippen LogP contribution in [0.5, 0.6) is 0 Å². The van der Waals surface area contributed by atoms with E-state index in [9.17, 15) is 4.79 Å². The summed E-state index contributed by atoms with van der Waals surface area (Å²) in [4.78, 5) is 11.0. The molecule has 0 saturated carbocycles. The van der Waals surface area contributed by atoms with Crippen LogP contribution in [0.3, 0.4) is 0 Å². The van der Waals surface area contributed by atoms with Crippen LogP contribution in [-0.2, 0) is 9.53 Å². The zero-order chi connectivity index (χ0) is 10.4. The number of rotatable bonds is 3. The highest BCUT2D eigenvalue weighted by Gasteiger charge is 2.00. The first-order valence-corrected chi connectivity index (χ1v) is 4.70. The van der Waals surface area contributed by atoms with Gasteiger partial charge in [0.15, 0.2) is 5.56 Å². The van der Waals surface area contributed by atoms with Crippen molar-refractivity contribution in [3.05, 3.63) is 42.0 Å². The summed E-state index contributed by atoms with van der Waals surface area (Å²) >= 11 is 5.48. The van der Waals surface area contributed by atoms with Gasteiger partial charge in [-0.15, -0.1) is 0 Å². The van der Waals surface area contributed by atoms with E-state index in [4.69, 9.17) is 16.3 Å². The number of esters is 1. The molecule has 0 heterocycles. The number of alkyl halides is 1. The quantitative estimate of drug-likeness (QED) is 0.436. The van der Waals surface area contributed by atoms with Gasteiger partial charge in [-0.2, -0.15) is 0 Å². The highest BCUT2D eigenvalue weighted by molar-refractivity contribution is 6.20. The molecule has 0 aliphatic rings. The summed E-state index contributed by atoms with van der Waals surface area (Å²) in [6.45, 7) is 1.59.